The topological polar surface area (TPSA) is 149 Å². The van der Waals surface area contributed by atoms with Gasteiger partial charge in [-0.1, -0.05) is 0 Å². The van der Waals surface area contributed by atoms with Gasteiger partial charge in [0.05, 0.1) is 12.9 Å². The van der Waals surface area contributed by atoms with Crippen molar-refractivity contribution in [2.45, 2.75) is 31.0 Å². The summed E-state index contributed by atoms with van der Waals surface area (Å²) in [7, 11) is 1.46. The van der Waals surface area contributed by atoms with Crippen LogP contribution in [-0.4, -0.2) is 61.3 Å². The molecule has 0 saturated carbocycles. The Kier molecular flexibility index (Phi) is 3.40. The number of anilines is 1. The van der Waals surface area contributed by atoms with Crippen LogP contribution in [0.25, 0.3) is 11.2 Å². The van der Waals surface area contributed by atoms with Crippen LogP contribution in [0.15, 0.2) is 11.1 Å². The average Bonchev–Trinajstić information content (AvgIpc) is 2.94. The smallest absolute Gasteiger partial charge is 0.280 e. The molecule has 1 fully saturated rings. The van der Waals surface area contributed by atoms with Crippen molar-refractivity contribution in [3.63, 3.8) is 0 Å². The van der Waals surface area contributed by atoms with E-state index in [1.165, 1.54) is 24.9 Å². The molecule has 3 heterocycles. The first kappa shape index (κ1) is 14.9. The van der Waals surface area contributed by atoms with E-state index in [9.17, 15) is 15.0 Å². The number of rotatable bonds is 3. The predicted molar refractivity (Wildman–Crippen MR) is 75.0 cm³/mol. The van der Waals surface area contributed by atoms with Crippen LogP contribution in [0, 0.1) is 0 Å². The third-order valence-electron chi connectivity index (χ3n) is 3.79. The Balaban J connectivity index is 2.09. The zero-order valence-corrected chi connectivity index (χ0v) is 12.1. The summed E-state index contributed by atoms with van der Waals surface area (Å²) in [4.78, 5) is 22.1. The predicted octanol–water partition coefficient (Wildman–Crippen LogP) is -1.64. The largest absolute Gasteiger partial charge is 0.387 e. The fraction of sp³-hybridized carbons (Fsp3) is 0.583. The number of methoxy groups -OCH3 is 1. The molecule has 1 aliphatic rings. The number of aromatic amines is 1. The lowest BCUT2D eigenvalue weighted by atomic mass is 9.96. The summed E-state index contributed by atoms with van der Waals surface area (Å²) in [5.41, 5.74) is 3.66. The Morgan fingerprint density at radius 3 is 3.05 bits per heavy atom. The lowest BCUT2D eigenvalue weighted by Crippen LogP contribution is -2.44. The molecule has 120 valence electrons. The number of hydrogen-bond acceptors (Lipinski definition) is 8. The molecule has 2 aromatic heterocycles. The van der Waals surface area contributed by atoms with Crippen LogP contribution in [-0.2, 0) is 9.47 Å². The molecule has 0 bridgehead atoms. The number of ether oxygens (including phenoxy) is 2. The second kappa shape index (κ2) is 5.02. The van der Waals surface area contributed by atoms with E-state index in [0.717, 1.165) is 0 Å². The molecule has 0 aromatic carbocycles. The minimum atomic E-state index is -1.62. The van der Waals surface area contributed by atoms with Crippen molar-refractivity contribution in [1.29, 1.82) is 0 Å². The highest BCUT2D eigenvalue weighted by Gasteiger charge is 2.53. The molecular weight excluding hydrogens is 294 g/mol. The van der Waals surface area contributed by atoms with Crippen molar-refractivity contribution in [3.05, 3.63) is 16.7 Å². The molecule has 0 spiro atoms. The molecule has 0 aliphatic carbocycles. The molecule has 0 radical (unpaired) electrons. The van der Waals surface area contributed by atoms with Crippen LogP contribution in [0.1, 0.15) is 13.2 Å². The van der Waals surface area contributed by atoms with Gasteiger partial charge in [0.15, 0.2) is 17.4 Å². The Labute approximate surface area is 124 Å². The number of aliphatic hydroxyl groups excluding tert-OH is 1. The zero-order valence-electron chi connectivity index (χ0n) is 12.1. The number of nitrogen functional groups attached to an aromatic ring is 1. The van der Waals surface area contributed by atoms with Gasteiger partial charge in [0, 0.05) is 7.11 Å². The van der Waals surface area contributed by atoms with Gasteiger partial charge in [0.25, 0.3) is 5.56 Å². The second-order valence-electron chi connectivity index (χ2n) is 5.43. The molecule has 5 N–H and O–H groups in total. The van der Waals surface area contributed by atoms with E-state index in [4.69, 9.17) is 15.2 Å². The number of nitrogens with zero attached hydrogens (tertiary/aromatic N) is 3. The van der Waals surface area contributed by atoms with Crippen LogP contribution < -0.4 is 11.3 Å². The summed E-state index contributed by atoms with van der Waals surface area (Å²) >= 11 is 0. The average molecular weight is 311 g/mol. The lowest BCUT2D eigenvalue weighted by molar-refractivity contribution is -0.0956. The highest BCUT2D eigenvalue weighted by Crippen LogP contribution is 2.39. The first-order chi connectivity index (χ1) is 10.4. The number of imidazole rings is 1. The van der Waals surface area contributed by atoms with E-state index >= 15 is 0 Å². The molecule has 22 heavy (non-hydrogen) atoms. The Bertz CT molecular complexity index is 754. The number of nitrogens with two attached hydrogens (primary N) is 1. The van der Waals surface area contributed by atoms with Crippen LogP contribution in [0.4, 0.5) is 5.95 Å². The molecule has 3 rings (SSSR count). The normalized spacial score (nSPS) is 31.9. The van der Waals surface area contributed by atoms with E-state index in [2.05, 4.69) is 15.0 Å². The molecule has 10 nitrogen and oxygen atoms in total. The van der Waals surface area contributed by atoms with Crippen molar-refractivity contribution in [3.8, 4) is 0 Å². The lowest BCUT2D eigenvalue weighted by Gasteiger charge is -2.27. The summed E-state index contributed by atoms with van der Waals surface area (Å²) in [6, 6.07) is 0. The number of nitrogens with one attached hydrogen (secondary N) is 1. The number of aliphatic hydroxyl groups is 2. The highest BCUT2D eigenvalue weighted by molar-refractivity contribution is 5.70. The van der Waals surface area contributed by atoms with Crippen molar-refractivity contribution >= 4 is 17.1 Å². The monoisotopic (exact) mass is 311 g/mol. The Morgan fingerprint density at radius 1 is 1.64 bits per heavy atom. The maximum absolute atomic E-state index is 11.8. The van der Waals surface area contributed by atoms with Gasteiger partial charge in [0.2, 0.25) is 5.95 Å². The fourth-order valence-electron chi connectivity index (χ4n) is 2.66. The summed E-state index contributed by atoms with van der Waals surface area (Å²) in [6.07, 6.45) is -1.56. The number of hydrogen-bond donors (Lipinski definition) is 4. The SMILES string of the molecule is COC[C@H]1O[C@@H](n2cnc3c(=O)[nH]c(N)nc32)[C@](C)(O)[C@@H]1O. The number of H-pyrrole nitrogens is 1. The molecule has 0 unspecified atom stereocenters. The molecule has 10 heteroatoms. The van der Waals surface area contributed by atoms with Crippen molar-refractivity contribution in [2.75, 3.05) is 19.5 Å². The van der Waals surface area contributed by atoms with Gasteiger partial charge in [0.1, 0.15) is 17.8 Å². The zero-order chi connectivity index (χ0) is 16.1. The Morgan fingerprint density at radius 2 is 2.36 bits per heavy atom. The summed E-state index contributed by atoms with van der Waals surface area (Å²) in [5.74, 6) is -0.0779. The number of aromatic nitrogens is 4. The fourth-order valence-corrected chi connectivity index (χ4v) is 2.66. The van der Waals surface area contributed by atoms with Crippen molar-refractivity contribution in [2.24, 2.45) is 0 Å². The molecule has 4 atom stereocenters. The van der Waals surface area contributed by atoms with Gasteiger partial charge < -0.3 is 25.4 Å². The van der Waals surface area contributed by atoms with Crippen LogP contribution in [0.2, 0.25) is 0 Å². The van der Waals surface area contributed by atoms with Gasteiger partial charge in [-0.05, 0) is 6.92 Å². The Hall–Kier alpha value is -2.01. The van der Waals surface area contributed by atoms with Crippen molar-refractivity contribution < 1.29 is 19.7 Å². The molecule has 1 aliphatic heterocycles. The maximum atomic E-state index is 11.8. The van der Waals surface area contributed by atoms with E-state index in [0.29, 0.717) is 0 Å². The third kappa shape index (κ3) is 2.08. The molecule has 1 saturated heterocycles. The molecule has 0 amide bonds. The quantitative estimate of drug-likeness (QED) is 0.527. The molecular formula is C12H17N5O5. The van der Waals surface area contributed by atoms with Crippen LogP contribution in [0.5, 0.6) is 0 Å². The summed E-state index contributed by atoms with van der Waals surface area (Å²) in [5, 5.41) is 20.8. The number of fused-ring (bicyclic) bond motifs is 1. The van der Waals surface area contributed by atoms with E-state index in [1.807, 2.05) is 0 Å². The van der Waals surface area contributed by atoms with Crippen LogP contribution in [0.3, 0.4) is 0 Å². The minimum Gasteiger partial charge on any atom is -0.387 e. The standard InChI is InChI=1S/C12H17N5O5/c1-12(20)7(18)5(3-21-2)22-10(12)17-4-14-6-8(17)15-11(13)16-9(6)19/h4-5,7,10,18,20H,3H2,1-2H3,(H3,13,15,16,19)/t5-,7-,10-,12-/m1/s1. The highest BCUT2D eigenvalue weighted by atomic mass is 16.6. The van der Waals surface area contributed by atoms with Crippen molar-refractivity contribution in [1.82, 2.24) is 19.5 Å². The minimum absolute atomic E-state index is 0.0679. The summed E-state index contributed by atoms with van der Waals surface area (Å²) in [6.45, 7) is 1.54. The first-order valence-corrected chi connectivity index (χ1v) is 6.63. The van der Waals surface area contributed by atoms with E-state index in [1.54, 1.807) is 0 Å². The third-order valence-corrected chi connectivity index (χ3v) is 3.79. The summed E-state index contributed by atoms with van der Waals surface area (Å²) < 4.78 is 12.0. The molecule has 2 aromatic rings. The van der Waals surface area contributed by atoms with Gasteiger partial charge in [-0.25, -0.2) is 4.98 Å². The maximum Gasteiger partial charge on any atom is 0.280 e. The van der Waals surface area contributed by atoms with Gasteiger partial charge in [-0.15, -0.1) is 0 Å². The second-order valence-corrected chi connectivity index (χ2v) is 5.43. The van der Waals surface area contributed by atoms with Gasteiger partial charge in [-0.2, -0.15) is 4.98 Å². The van der Waals surface area contributed by atoms with E-state index in [-0.39, 0.29) is 23.7 Å². The first-order valence-electron chi connectivity index (χ1n) is 6.63. The van der Waals surface area contributed by atoms with E-state index < -0.39 is 29.6 Å². The van der Waals surface area contributed by atoms with Gasteiger partial charge in [-0.3, -0.25) is 14.3 Å². The van der Waals surface area contributed by atoms with Gasteiger partial charge >= 0.3 is 0 Å². The van der Waals surface area contributed by atoms with Crippen LogP contribution >= 0.6 is 0 Å².